The molecule has 3 heterocycles. The van der Waals surface area contributed by atoms with Gasteiger partial charge in [0.25, 0.3) is 0 Å². The van der Waals surface area contributed by atoms with Gasteiger partial charge in [0.2, 0.25) is 11.0 Å². The number of hydrogen-bond donors (Lipinski definition) is 0. The average molecular weight is 338 g/mol. The van der Waals surface area contributed by atoms with Gasteiger partial charge in [-0.1, -0.05) is 37.7 Å². The Kier molecular flexibility index (Phi) is 4.67. The van der Waals surface area contributed by atoms with E-state index in [0.717, 1.165) is 24.6 Å². The fraction of sp³-hybridized carbons (Fsp3) is 0.786. The number of aromatic nitrogens is 6. The zero-order chi connectivity index (χ0) is 16.4. The van der Waals surface area contributed by atoms with Crippen molar-refractivity contribution >= 4 is 11.8 Å². The lowest BCUT2D eigenvalue weighted by Crippen LogP contribution is -2.17. The highest BCUT2D eigenvalue weighted by molar-refractivity contribution is 7.99. The van der Waals surface area contributed by atoms with E-state index in [-0.39, 0.29) is 16.8 Å². The standard InChI is InChI=1S/C14H22N6O2S/c1-9(11-15-12(17-22-11)14(2,3)4)23-13-16-18-19-20(13)8-10-6-5-7-21-10/h9-10H,5-8H2,1-4H3/t9-,10-/m1/s1. The van der Waals surface area contributed by atoms with Gasteiger partial charge in [0.1, 0.15) is 0 Å². The van der Waals surface area contributed by atoms with E-state index in [1.807, 2.05) is 6.92 Å². The predicted molar refractivity (Wildman–Crippen MR) is 84.1 cm³/mol. The van der Waals surface area contributed by atoms with Crippen molar-refractivity contribution < 1.29 is 9.26 Å². The highest BCUT2D eigenvalue weighted by Crippen LogP contribution is 2.33. The smallest absolute Gasteiger partial charge is 0.239 e. The molecule has 0 N–H and O–H groups in total. The van der Waals surface area contributed by atoms with Crippen molar-refractivity contribution in [1.82, 2.24) is 30.3 Å². The van der Waals surface area contributed by atoms with Crippen molar-refractivity contribution in [2.24, 2.45) is 0 Å². The van der Waals surface area contributed by atoms with Crippen LogP contribution < -0.4 is 0 Å². The molecule has 23 heavy (non-hydrogen) atoms. The van der Waals surface area contributed by atoms with Gasteiger partial charge >= 0.3 is 0 Å². The molecule has 1 aliphatic heterocycles. The minimum Gasteiger partial charge on any atom is -0.376 e. The van der Waals surface area contributed by atoms with Gasteiger partial charge in [-0.25, -0.2) is 4.68 Å². The Morgan fingerprint density at radius 3 is 2.87 bits per heavy atom. The fourth-order valence-electron chi connectivity index (χ4n) is 2.29. The molecule has 0 aromatic carbocycles. The monoisotopic (exact) mass is 338 g/mol. The molecule has 0 spiro atoms. The van der Waals surface area contributed by atoms with Gasteiger partial charge in [0.15, 0.2) is 5.82 Å². The van der Waals surface area contributed by atoms with Crippen LogP contribution in [0, 0.1) is 0 Å². The van der Waals surface area contributed by atoms with E-state index in [1.54, 1.807) is 4.68 Å². The van der Waals surface area contributed by atoms with Gasteiger partial charge in [0, 0.05) is 12.0 Å². The first-order valence-electron chi connectivity index (χ1n) is 7.82. The molecular weight excluding hydrogens is 316 g/mol. The Morgan fingerprint density at radius 2 is 2.22 bits per heavy atom. The van der Waals surface area contributed by atoms with Crippen molar-refractivity contribution in [3.05, 3.63) is 11.7 Å². The minimum atomic E-state index is -0.131. The van der Waals surface area contributed by atoms with Crippen LogP contribution in [0.2, 0.25) is 0 Å². The van der Waals surface area contributed by atoms with Crippen LogP contribution in [0.1, 0.15) is 57.5 Å². The maximum Gasteiger partial charge on any atom is 0.239 e. The summed E-state index contributed by atoms with van der Waals surface area (Å²) in [5.41, 5.74) is -0.131. The molecule has 3 rings (SSSR count). The number of tetrazole rings is 1. The Bertz CT molecular complexity index is 644. The van der Waals surface area contributed by atoms with E-state index < -0.39 is 0 Å². The van der Waals surface area contributed by atoms with E-state index >= 15 is 0 Å². The Labute approximate surface area is 139 Å². The molecule has 1 fully saturated rings. The minimum absolute atomic E-state index is 0.0205. The van der Waals surface area contributed by atoms with Crippen LogP contribution >= 0.6 is 11.8 Å². The third-order valence-corrected chi connectivity index (χ3v) is 4.70. The first kappa shape index (κ1) is 16.4. The molecule has 2 aromatic rings. The molecule has 8 nitrogen and oxygen atoms in total. The second kappa shape index (κ2) is 6.56. The summed E-state index contributed by atoms with van der Waals surface area (Å²) < 4.78 is 12.8. The largest absolute Gasteiger partial charge is 0.376 e. The van der Waals surface area contributed by atoms with E-state index in [1.165, 1.54) is 11.8 Å². The van der Waals surface area contributed by atoms with Gasteiger partial charge < -0.3 is 9.26 Å². The van der Waals surface area contributed by atoms with Crippen LogP contribution in [0.25, 0.3) is 0 Å². The molecule has 0 radical (unpaired) electrons. The first-order valence-corrected chi connectivity index (χ1v) is 8.70. The number of ether oxygens (including phenoxy) is 1. The van der Waals surface area contributed by atoms with Crippen molar-refractivity contribution in [3.8, 4) is 0 Å². The van der Waals surface area contributed by atoms with Gasteiger partial charge in [-0.05, 0) is 30.2 Å². The number of hydrogen-bond acceptors (Lipinski definition) is 8. The number of nitrogens with zero attached hydrogens (tertiary/aromatic N) is 6. The average Bonchev–Trinajstić information content (AvgIpc) is 3.20. The van der Waals surface area contributed by atoms with Crippen LogP contribution in [0.4, 0.5) is 0 Å². The van der Waals surface area contributed by atoms with Gasteiger partial charge in [-0.3, -0.25) is 0 Å². The lowest BCUT2D eigenvalue weighted by Gasteiger charge is -2.12. The molecule has 2 aromatic heterocycles. The van der Waals surface area contributed by atoms with Gasteiger partial charge in [-0.2, -0.15) is 4.98 Å². The van der Waals surface area contributed by atoms with Crippen LogP contribution in [0.5, 0.6) is 0 Å². The molecule has 0 bridgehead atoms. The second-order valence-corrected chi connectivity index (χ2v) is 8.05. The van der Waals surface area contributed by atoms with E-state index in [0.29, 0.717) is 18.3 Å². The summed E-state index contributed by atoms with van der Waals surface area (Å²) in [5.74, 6) is 1.30. The van der Waals surface area contributed by atoms with Crippen molar-refractivity contribution in [2.75, 3.05) is 6.61 Å². The molecule has 0 saturated carbocycles. The Morgan fingerprint density at radius 1 is 1.39 bits per heavy atom. The summed E-state index contributed by atoms with van der Waals surface area (Å²) in [4.78, 5) is 4.49. The van der Waals surface area contributed by atoms with Crippen LogP contribution in [-0.4, -0.2) is 43.1 Å². The zero-order valence-electron chi connectivity index (χ0n) is 13.9. The highest BCUT2D eigenvalue weighted by Gasteiger charge is 2.25. The molecule has 0 amide bonds. The topological polar surface area (TPSA) is 91.8 Å². The summed E-state index contributed by atoms with van der Waals surface area (Å²) in [6.45, 7) is 9.68. The summed E-state index contributed by atoms with van der Waals surface area (Å²) in [6, 6.07) is 0. The molecule has 126 valence electrons. The maximum absolute atomic E-state index is 5.65. The first-order chi connectivity index (χ1) is 10.9. The van der Waals surface area contributed by atoms with Gasteiger partial charge in [-0.15, -0.1) is 5.10 Å². The molecule has 9 heteroatoms. The van der Waals surface area contributed by atoms with E-state index in [9.17, 15) is 0 Å². The predicted octanol–water partition coefficient (Wildman–Crippen LogP) is 2.39. The number of thioether (sulfide) groups is 1. The van der Waals surface area contributed by atoms with Crippen LogP contribution in [-0.2, 0) is 16.7 Å². The lowest BCUT2D eigenvalue weighted by atomic mass is 9.96. The van der Waals surface area contributed by atoms with Crippen LogP contribution in [0.15, 0.2) is 9.68 Å². The number of rotatable bonds is 5. The SMILES string of the molecule is C[C@@H](Sc1nnnn1C[C@H]1CCCO1)c1nc(C(C)(C)C)no1. The third kappa shape index (κ3) is 3.89. The second-order valence-electron chi connectivity index (χ2n) is 6.74. The maximum atomic E-state index is 5.65. The summed E-state index contributed by atoms with van der Waals surface area (Å²) in [5, 5.41) is 16.7. The molecule has 2 atom stereocenters. The van der Waals surface area contributed by atoms with Crippen molar-refractivity contribution in [2.45, 2.75) is 69.0 Å². The molecule has 1 saturated heterocycles. The molecular formula is C14H22N6O2S. The summed E-state index contributed by atoms with van der Waals surface area (Å²) in [7, 11) is 0. The highest BCUT2D eigenvalue weighted by atomic mass is 32.2. The molecule has 1 aliphatic rings. The molecule has 0 unspecified atom stereocenters. The van der Waals surface area contributed by atoms with Gasteiger partial charge in [0.05, 0.1) is 17.9 Å². The molecule has 0 aliphatic carbocycles. The quantitative estimate of drug-likeness (QED) is 0.767. The summed E-state index contributed by atoms with van der Waals surface area (Å²) in [6.07, 6.45) is 2.35. The van der Waals surface area contributed by atoms with Crippen LogP contribution in [0.3, 0.4) is 0 Å². The van der Waals surface area contributed by atoms with E-state index in [2.05, 4.69) is 46.4 Å². The summed E-state index contributed by atoms with van der Waals surface area (Å²) >= 11 is 1.51. The Balaban J connectivity index is 1.67. The van der Waals surface area contributed by atoms with E-state index in [4.69, 9.17) is 9.26 Å². The lowest BCUT2D eigenvalue weighted by molar-refractivity contribution is 0.0911. The third-order valence-electron chi connectivity index (χ3n) is 3.64. The van der Waals surface area contributed by atoms with Crippen molar-refractivity contribution in [1.29, 1.82) is 0 Å². The zero-order valence-corrected chi connectivity index (χ0v) is 14.7. The fourth-order valence-corrected chi connectivity index (χ4v) is 3.12. The Hall–Kier alpha value is -1.48. The normalized spacial score (nSPS) is 20.1. The van der Waals surface area contributed by atoms with Crippen molar-refractivity contribution in [3.63, 3.8) is 0 Å².